The summed E-state index contributed by atoms with van der Waals surface area (Å²) in [6.45, 7) is 1.07. The van der Waals surface area contributed by atoms with Crippen LogP contribution in [0.25, 0.3) is 0 Å². The van der Waals surface area contributed by atoms with Gasteiger partial charge in [-0.2, -0.15) is 0 Å². The Morgan fingerprint density at radius 3 is 2.83 bits per heavy atom. The number of nitrogens with one attached hydrogen (secondary N) is 2. The van der Waals surface area contributed by atoms with E-state index in [1.165, 1.54) is 4.90 Å². The first-order valence-corrected chi connectivity index (χ1v) is 5.86. The minimum absolute atomic E-state index is 0.127. The van der Waals surface area contributed by atoms with Crippen molar-refractivity contribution in [3.05, 3.63) is 24.0 Å². The zero-order chi connectivity index (χ0) is 13.5. The summed E-state index contributed by atoms with van der Waals surface area (Å²) in [4.78, 5) is 17.1. The van der Waals surface area contributed by atoms with Crippen LogP contribution in [-0.2, 0) is 0 Å². The Morgan fingerprint density at radius 1 is 1.50 bits per heavy atom. The minimum Gasteiger partial charge on any atom is -0.389 e. The number of carbonyl (C=O) groups excluding carboxylic acids is 1. The number of thiocarbonyl (C=S) groups is 1. The molecule has 0 atom stereocenters. The first-order valence-electron chi connectivity index (χ1n) is 5.45. The maximum Gasteiger partial charge on any atom is 0.316 e. The van der Waals surface area contributed by atoms with Crippen LogP contribution in [0.15, 0.2) is 18.5 Å². The number of urea groups is 1. The molecule has 4 N–H and O–H groups in total. The van der Waals surface area contributed by atoms with Crippen molar-refractivity contribution in [1.29, 1.82) is 0 Å². The maximum absolute atomic E-state index is 11.3. The van der Waals surface area contributed by atoms with E-state index in [9.17, 15) is 4.79 Å². The van der Waals surface area contributed by atoms with Crippen molar-refractivity contribution in [1.82, 2.24) is 15.2 Å². The maximum atomic E-state index is 11.3. The summed E-state index contributed by atoms with van der Waals surface area (Å²) >= 11 is 4.94. The van der Waals surface area contributed by atoms with E-state index in [0.29, 0.717) is 18.1 Å². The molecule has 0 aliphatic carbocycles. The van der Waals surface area contributed by atoms with Gasteiger partial charge in [0, 0.05) is 38.9 Å². The summed E-state index contributed by atoms with van der Waals surface area (Å²) in [6, 6.07) is 1.63. The van der Waals surface area contributed by atoms with E-state index < -0.39 is 0 Å². The van der Waals surface area contributed by atoms with Crippen LogP contribution in [0.4, 0.5) is 10.5 Å². The van der Waals surface area contributed by atoms with Crippen LogP contribution >= 0.6 is 12.2 Å². The molecule has 18 heavy (non-hydrogen) atoms. The highest BCUT2D eigenvalue weighted by Crippen LogP contribution is 2.12. The third-order valence-electron chi connectivity index (χ3n) is 2.21. The van der Waals surface area contributed by atoms with Crippen molar-refractivity contribution in [2.75, 3.05) is 32.5 Å². The van der Waals surface area contributed by atoms with Gasteiger partial charge in [0.25, 0.3) is 0 Å². The number of nitrogens with two attached hydrogens (primary N) is 1. The van der Waals surface area contributed by atoms with Gasteiger partial charge >= 0.3 is 6.03 Å². The number of amides is 2. The molecule has 0 aliphatic rings. The molecule has 0 saturated heterocycles. The van der Waals surface area contributed by atoms with Crippen LogP contribution in [0.3, 0.4) is 0 Å². The van der Waals surface area contributed by atoms with Crippen molar-refractivity contribution in [3.63, 3.8) is 0 Å². The lowest BCUT2D eigenvalue weighted by Gasteiger charge is -2.13. The first kappa shape index (κ1) is 14.2. The SMILES string of the molecule is CN(C)C(=O)NCCNc1cnccc1C(N)=S. The zero-order valence-corrected chi connectivity index (χ0v) is 11.3. The van der Waals surface area contributed by atoms with Crippen LogP contribution in [0.1, 0.15) is 5.56 Å². The lowest BCUT2D eigenvalue weighted by molar-refractivity contribution is 0.218. The van der Waals surface area contributed by atoms with Gasteiger partial charge in [0.15, 0.2) is 0 Å². The van der Waals surface area contributed by atoms with Crippen LogP contribution in [0.5, 0.6) is 0 Å². The lowest BCUT2D eigenvalue weighted by Crippen LogP contribution is -2.37. The molecule has 0 bridgehead atoms. The molecule has 1 aromatic heterocycles. The van der Waals surface area contributed by atoms with Crippen molar-refractivity contribution in [2.24, 2.45) is 5.73 Å². The number of pyridine rings is 1. The fourth-order valence-electron chi connectivity index (χ4n) is 1.27. The van der Waals surface area contributed by atoms with Crippen molar-refractivity contribution < 1.29 is 4.79 Å². The van der Waals surface area contributed by atoms with E-state index in [2.05, 4.69) is 15.6 Å². The number of rotatable bonds is 5. The van der Waals surface area contributed by atoms with Crippen molar-refractivity contribution in [2.45, 2.75) is 0 Å². The Balaban J connectivity index is 2.45. The molecule has 0 unspecified atom stereocenters. The number of anilines is 1. The third-order valence-corrected chi connectivity index (χ3v) is 2.43. The molecule has 1 rings (SSSR count). The Labute approximate surface area is 112 Å². The van der Waals surface area contributed by atoms with Crippen molar-refractivity contribution >= 4 is 28.9 Å². The first-order chi connectivity index (χ1) is 8.52. The third kappa shape index (κ3) is 4.17. The molecule has 0 aliphatic heterocycles. The number of nitrogens with zero attached hydrogens (tertiary/aromatic N) is 2. The average molecular weight is 267 g/mol. The van der Waals surface area contributed by atoms with E-state index in [1.54, 1.807) is 32.6 Å². The van der Waals surface area contributed by atoms with Gasteiger partial charge in [0.1, 0.15) is 4.99 Å². The predicted octanol–water partition coefficient (Wildman–Crippen LogP) is 0.399. The van der Waals surface area contributed by atoms with Gasteiger partial charge in [-0.25, -0.2) is 4.79 Å². The van der Waals surface area contributed by atoms with Gasteiger partial charge in [0.05, 0.1) is 11.9 Å². The fraction of sp³-hybridized carbons (Fsp3) is 0.364. The van der Waals surface area contributed by atoms with E-state index in [1.807, 2.05) is 0 Å². The number of hydrogen-bond acceptors (Lipinski definition) is 4. The highest BCUT2D eigenvalue weighted by Gasteiger charge is 2.05. The molecular formula is C11H17N5OS. The summed E-state index contributed by atoms with van der Waals surface area (Å²) in [6.07, 6.45) is 3.29. The number of aromatic nitrogens is 1. The van der Waals surface area contributed by atoms with E-state index in [-0.39, 0.29) is 6.03 Å². The predicted molar refractivity (Wildman–Crippen MR) is 75.7 cm³/mol. The smallest absolute Gasteiger partial charge is 0.316 e. The molecule has 0 aromatic carbocycles. The molecule has 98 valence electrons. The number of hydrogen-bond donors (Lipinski definition) is 3. The van der Waals surface area contributed by atoms with E-state index in [0.717, 1.165) is 11.3 Å². The molecule has 2 amide bonds. The monoisotopic (exact) mass is 267 g/mol. The number of carbonyl (C=O) groups is 1. The highest BCUT2D eigenvalue weighted by molar-refractivity contribution is 7.80. The zero-order valence-electron chi connectivity index (χ0n) is 10.4. The van der Waals surface area contributed by atoms with Gasteiger partial charge in [-0.3, -0.25) is 4.98 Å². The molecular weight excluding hydrogens is 250 g/mol. The second-order valence-corrected chi connectivity index (χ2v) is 4.28. The average Bonchev–Trinajstić information content (AvgIpc) is 2.34. The Kier molecular flexibility index (Phi) is 5.31. The quantitative estimate of drug-likeness (QED) is 0.531. The summed E-state index contributed by atoms with van der Waals surface area (Å²) in [7, 11) is 3.38. The van der Waals surface area contributed by atoms with Gasteiger partial charge in [0.2, 0.25) is 0 Å². The largest absolute Gasteiger partial charge is 0.389 e. The summed E-state index contributed by atoms with van der Waals surface area (Å²) in [5.74, 6) is 0. The molecule has 1 heterocycles. The Hall–Kier alpha value is -1.89. The highest BCUT2D eigenvalue weighted by atomic mass is 32.1. The Bertz CT molecular complexity index is 435. The summed E-state index contributed by atoms with van der Waals surface area (Å²) in [5.41, 5.74) is 7.11. The standard InChI is InChI=1S/C11H17N5OS/c1-16(2)11(17)15-6-5-14-9-7-13-4-3-8(9)10(12)18/h3-4,7,14H,5-6H2,1-2H3,(H2,12,18)(H,15,17). The van der Waals surface area contributed by atoms with Crippen LogP contribution in [-0.4, -0.2) is 48.1 Å². The molecule has 6 nitrogen and oxygen atoms in total. The second kappa shape index (κ2) is 6.75. The fourth-order valence-corrected chi connectivity index (χ4v) is 1.45. The molecule has 0 radical (unpaired) electrons. The molecule has 0 saturated carbocycles. The summed E-state index contributed by atoms with van der Waals surface area (Å²) in [5, 5.41) is 5.87. The molecule has 7 heteroatoms. The normalized spacial score (nSPS) is 9.67. The van der Waals surface area contributed by atoms with Gasteiger partial charge in [-0.1, -0.05) is 12.2 Å². The van der Waals surface area contributed by atoms with Gasteiger partial charge < -0.3 is 21.3 Å². The second-order valence-electron chi connectivity index (χ2n) is 3.84. The van der Waals surface area contributed by atoms with Crippen molar-refractivity contribution in [3.8, 4) is 0 Å². The lowest BCUT2D eigenvalue weighted by atomic mass is 10.2. The van der Waals surface area contributed by atoms with Gasteiger partial charge in [-0.05, 0) is 6.07 Å². The van der Waals surface area contributed by atoms with Crippen LogP contribution in [0.2, 0.25) is 0 Å². The molecule has 0 spiro atoms. The van der Waals surface area contributed by atoms with Crippen LogP contribution < -0.4 is 16.4 Å². The molecule has 0 fully saturated rings. The van der Waals surface area contributed by atoms with Gasteiger partial charge in [-0.15, -0.1) is 0 Å². The summed E-state index contributed by atoms with van der Waals surface area (Å²) < 4.78 is 0. The molecule has 1 aromatic rings. The Morgan fingerprint density at radius 2 is 2.22 bits per heavy atom. The van der Waals surface area contributed by atoms with E-state index in [4.69, 9.17) is 18.0 Å². The topological polar surface area (TPSA) is 83.3 Å². The van der Waals surface area contributed by atoms with Crippen LogP contribution in [0, 0.1) is 0 Å². The minimum atomic E-state index is -0.127. The van der Waals surface area contributed by atoms with E-state index >= 15 is 0 Å².